The van der Waals surface area contributed by atoms with Crippen LogP contribution in [0, 0.1) is 10.1 Å². The number of nitro groups is 1. The van der Waals surface area contributed by atoms with Crippen molar-refractivity contribution in [3.63, 3.8) is 0 Å². The zero-order valence-corrected chi connectivity index (χ0v) is 17.7. The van der Waals surface area contributed by atoms with Gasteiger partial charge in [-0.05, 0) is 25.1 Å². The molecule has 0 aliphatic rings. The van der Waals surface area contributed by atoms with E-state index >= 15 is 0 Å². The Kier molecular flexibility index (Phi) is 7.39. The van der Waals surface area contributed by atoms with E-state index in [9.17, 15) is 14.9 Å². The number of hydrogen-bond donors (Lipinski definition) is 1. The summed E-state index contributed by atoms with van der Waals surface area (Å²) in [4.78, 5) is 23.0. The number of ether oxygens (including phenoxy) is 1. The Labute approximate surface area is 183 Å². The molecule has 1 heterocycles. The second-order valence-corrected chi connectivity index (χ2v) is 7.19. The fourth-order valence-electron chi connectivity index (χ4n) is 2.88. The average molecular weight is 439 g/mol. The number of nitro benzene ring substituents is 1. The SMILES string of the molecule is C=CCn1c(SCC(=O)Nc2ccccc2[N+](=O)[O-])nnc1-c1ccccc1OCC. The normalized spacial score (nSPS) is 10.5. The molecule has 0 bridgehead atoms. The molecule has 0 unspecified atom stereocenters. The lowest BCUT2D eigenvalue weighted by Crippen LogP contribution is -2.15. The first-order valence-corrected chi connectivity index (χ1v) is 10.5. The van der Waals surface area contributed by atoms with Crippen LogP contribution in [0.1, 0.15) is 6.92 Å². The zero-order chi connectivity index (χ0) is 22.2. The molecule has 0 saturated carbocycles. The molecule has 160 valence electrons. The number of nitrogens with zero attached hydrogens (tertiary/aromatic N) is 4. The Morgan fingerprint density at radius 3 is 2.74 bits per heavy atom. The number of nitrogens with one attached hydrogen (secondary N) is 1. The summed E-state index contributed by atoms with van der Waals surface area (Å²) in [7, 11) is 0. The van der Waals surface area contributed by atoms with Gasteiger partial charge in [0.1, 0.15) is 11.4 Å². The number of amides is 1. The number of carbonyl (C=O) groups is 1. The van der Waals surface area contributed by atoms with Crippen LogP contribution >= 0.6 is 11.8 Å². The lowest BCUT2D eigenvalue weighted by atomic mass is 10.2. The van der Waals surface area contributed by atoms with Crippen molar-refractivity contribution in [1.29, 1.82) is 0 Å². The first kappa shape index (κ1) is 22.0. The van der Waals surface area contributed by atoms with Crippen molar-refractivity contribution in [1.82, 2.24) is 14.8 Å². The fourth-order valence-corrected chi connectivity index (χ4v) is 3.62. The van der Waals surface area contributed by atoms with Crippen LogP contribution in [0.2, 0.25) is 0 Å². The highest BCUT2D eigenvalue weighted by Gasteiger charge is 2.19. The lowest BCUT2D eigenvalue weighted by molar-refractivity contribution is -0.383. The van der Waals surface area contributed by atoms with E-state index in [0.717, 1.165) is 5.56 Å². The molecular formula is C21H21N5O4S. The standard InChI is InChI=1S/C21H21N5O4S/c1-3-13-25-20(15-9-5-8-12-18(15)30-4-2)23-24-21(25)31-14-19(27)22-16-10-6-7-11-17(16)26(28)29/h3,5-12H,1,4,13-14H2,2H3,(H,22,27). The molecule has 1 N–H and O–H groups in total. The molecule has 0 saturated heterocycles. The average Bonchev–Trinajstić information content (AvgIpc) is 3.16. The summed E-state index contributed by atoms with van der Waals surface area (Å²) in [6.45, 7) is 6.65. The quantitative estimate of drug-likeness (QED) is 0.218. The van der Waals surface area contributed by atoms with Gasteiger partial charge in [-0.15, -0.1) is 16.8 Å². The van der Waals surface area contributed by atoms with Gasteiger partial charge in [0, 0.05) is 12.6 Å². The van der Waals surface area contributed by atoms with Crippen molar-refractivity contribution in [3.8, 4) is 17.1 Å². The maximum atomic E-state index is 12.4. The van der Waals surface area contributed by atoms with Crippen LogP contribution in [0.15, 0.2) is 66.3 Å². The Morgan fingerprint density at radius 1 is 1.26 bits per heavy atom. The van der Waals surface area contributed by atoms with E-state index < -0.39 is 4.92 Å². The fraction of sp³-hybridized carbons (Fsp3) is 0.190. The van der Waals surface area contributed by atoms with Crippen LogP contribution in [0.25, 0.3) is 11.4 Å². The van der Waals surface area contributed by atoms with Crippen LogP contribution in [-0.4, -0.2) is 38.0 Å². The third kappa shape index (κ3) is 5.28. The first-order valence-electron chi connectivity index (χ1n) is 9.47. The molecular weight excluding hydrogens is 418 g/mol. The highest BCUT2D eigenvalue weighted by Crippen LogP contribution is 2.31. The van der Waals surface area contributed by atoms with E-state index in [2.05, 4.69) is 22.1 Å². The molecule has 31 heavy (non-hydrogen) atoms. The third-order valence-corrected chi connectivity index (χ3v) is 5.13. The number of thioether (sulfide) groups is 1. The maximum Gasteiger partial charge on any atom is 0.292 e. The van der Waals surface area contributed by atoms with E-state index in [4.69, 9.17) is 4.74 Å². The van der Waals surface area contributed by atoms with Gasteiger partial charge in [-0.2, -0.15) is 0 Å². The minimum atomic E-state index is -0.536. The van der Waals surface area contributed by atoms with Gasteiger partial charge >= 0.3 is 0 Å². The number of anilines is 1. The molecule has 0 aliphatic carbocycles. The van der Waals surface area contributed by atoms with Crippen molar-refractivity contribution >= 4 is 29.0 Å². The molecule has 0 spiro atoms. The summed E-state index contributed by atoms with van der Waals surface area (Å²) >= 11 is 1.18. The van der Waals surface area contributed by atoms with Gasteiger partial charge in [0.05, 0.1) is 22.8 Å². The van der Waals surface area contributed by atoms with Gasteiger partial charge < -0.3 is 10.1 Å². The van der Waals surface area contributed by atoms with Crippen LogP contribution in [0.3, 0.4) is 0 Å². The molecule has 10 heteroatoms. The number of rotatable bonds is 10. The molecule has 0 fully saturated rings. The topological polar surface area (TPSA) is 112 Å². The number of allylic oxidation sites excluding steroid dienone is 1. The molecule has 3 rings (SSSR count). The van der Waals surface area contributed by atoms with Gasteiger partial charge in [0.2, 0.25) is 5.91 Å². The molecule has 1 aromatic heterocycles. The summed E-state index contributed by atoms with van der Waals surface area (Å²) in [5.74, 6) is 0.914. The first-order chi connectivity index (χ1) is 15.0. The summed E-state index contributed by atoms with van der Waals surface area (Å²) in [5.41, 5.74) is 0.775. The zero-order valence-electron chi connectivity index (χ0n) is 16.9. The second kappa shape index (κ2) is 10.4. The van der Waals surface area contributed by atoms with Crippen LogP contribution in [0.5, 0.6) is 5.75 Å². The van der Waals surface area contributed by atoms with Crippen LogP contribution < -0.4 is 10.1 Å². The Morgan fingerprint density at radius 2 is 2.00 bits per heavy atom. The van der Waals surface area contributed by atoms with Crippen molar-refractivity contribution in [2.45, 2.75) is 18.6 Å². The molecule has 3 aromatic rings. The summed E-state index contributed by atoms with van der Waals surface area (Å²) in [6.07, 6.45) is 1.72. The van der Waals surface area contributed by atoms with E-state index in [0.29, 0.717) is 29.9 Å². The minimum absolute atomic E-state index is 0.00836. The summed E-state index contributed by atoms with van der Waals surface area (Å²) in [6, 6.07) is 13.5. The van der Waals surface area contributed by atoms with E-state index in [1.165, 1.54) is 23.9 Å². The van der Waals surface area contributed by atoms with Crippen molar-refractivity contribution < 1.29 is 14.5 Å². The molecule has 9 nitrogen and oxygen atoms in total. The number of benzene rings is 2. The lowest BCUT2D eigenvalue weighted by Gasteiger charge is -2.11. The van der Waals surface area contributed by atoms with Crippen molar-refractivity contribution in [2.24, 2.45) is 0 Å². The van der Waals surface area contributed by atoms with Gasteiger partial charge in [-0.3, -0.25) is 19.5 Å². The number of hydrogen-bond acceptors (Lipinski definition) is 7. The number of para-hydroxylation sites is 3. The largest absolute Gasteiger partial charge is 0.493 e. The van der Waals surface area contributed by atoms with E-state index in [1.54, 1.807) is 18.2 Å². The predicted molar refractivity (Wildman–Crippen MR) is 119 cm³/mol. The summed E-state index contributed by atoms with van der Waals surface area (Å²) < 4.78 is 7.54. The van der Waals surface area contributed by atoms with Crippen molar-refractivity contribution in [2.75, 3.05) is 17.7 Å². The number of carbonyl (C=O) groups excluding carboxylic acids is 1. The van der Waals surface area contributed by atoms with Crippen molar-refractivity contribution in [3.05, 3.63) is 71.3 Å². The van der Waals surface area contributed by atoms with Crippen LogP contribution in [-0.2, 0) is 11.3 Å². The molecule has 0 aliphatic heterocycles. The Hall–Kier alpha value is -3.66. The van der Waals surface area contributed by atoms with Gasteiger partial charge in [-0.1, -0.05) is 42.1 Å². The minimum Gasteiger partial charge on any atom is -0.493 e. The van der Waals surface area contributed by atoms with Gasteiger partial charge in [-0.25, -0.2) is 0 Å². The molecule has 1 amide bonds. The monoisotopic (exact) mass is 439 g/mol. The molecule has 0 atom stereocenters. The summed E-state index contributed by atoms with van der Waals surface area (Å²) in [5, 5.41) is 22.7. The number of aromatic nitrogens is 3. The van der Waals surface area contributed by atoms with E-state index in [-0.39, 0.29) is 23.0 Å². The Balaban J connectivity index is 1.78. The molecule has 0 radical (unpaired) electrons. The van der Waals surface area contributed by atoms with Crippen LogP contribution in [0.4, 0.5) is 11.4 Å². The molecule has 2 aromatic carbocycles. The highest BCUT2D eigenvalue weighted by molar-refractivity contribution is 7.99. The predicted octanol–water partition coefficient (Wildman–Crippen LogP) is 4.17. The second-order valence-electron chi connectivity index (χ2n) is 6.25. The van der Waals surface area contributed by atoms with Gasteiger partial charge in [0.25, 0.3) is 5.69 Å². The van der Waals surface area contributed by atoms with E-state index in [1.807, 2.05) is 35.8 Å². The third-order valence-electron chi connectivity index (χ3n) is 4.16. The smallest absolute Gasteiger partial charge is 0.292 e. The van der Waals surface area contributed by atoms with Gasteiger partial charge in [0.15, 0.2) is 11.0 Å². The highest BCUT2D eigenvalue weighted by atomic mass is 32.2. The maximum absolute atomic E-state index is 12.4. The Bertz CT molecular complexity index is 1100.